The highest BCUT2D eigenvalue weighted by Gasteiger charge is 2.43. The van der Waals surface area contributed by atoms with Gasteiger partial charge in [-0.3, -0.25) is 4.79 Å². The zero-order valence-electron chi connectivity index (χ0n) is 12.8. The number of nitrogens with zero attached hydrogens (tertiary/aromatic N) is 1. The quantitative estimate of drug-likeness (QED) is 0.666. The molecule has 2 rings (SSSR count). The average molecular weight is 263 g/mol. The molecule has 0 spiro atoms. The monoisotopic (exact) mass is 263 g/mol. The van der Waals surface area contributed by atoms with Gasteiger partial charge in [0.1, 0.15) is 0 Å². The fourth-order valence-electron chi connectivity index (χ4n) is 3.49. The van der Waals surface area contributed by atoms with Crippen molar-refractivity contribution in [3.63, 3.8) is 0 Å². The molecule has 2 aliphatic carbocycles. The maximum atomic E-state index is 12.0. The molecule has 0 radical (unpaired) electrons. The van der Waals surface area contributed by atoms with Crippen LogP contribution in [-0.2, 0) is 4.79 Å². The van der Waals surface area contributed by atoms with Crippen LogP contribution >= 0.6 is 0 Å². The number of hydrogen-bond donors (Lipinski definition) is 0. The number of carbonyl (C=O) groups excluding carboxylic acids is 1. The Morgan fingerprint density at radius 3 is 2.74 bits per heavy atom. The van der Waals surface area contributed by atoms with Crippen molar-refractivity contribution in [2.24, 2.45) is 23.7 Å². The van der Waals surface area contributed by atoms with Gasteiger partial charge in [0.05, 0.1) is 0 Å². The standard InChI is InChI=1S/C17H29NO/c1-4-17(19)18(11-13(2)3)12-15-10-16(15)14-8-6-5-7-9-14/h5-6,13-16H,4,7-12H2,1-3H3/t14?,15-,16?/m1/s1. The Morgan fingerprint density at radius 1 is 1.37 bits per heavy atom. The molecule has 0 saturated heterocycles. The van der Waals surface area contributed by atoms with Crippen molar-refractivity contribution in [1.82, 2.24) is 4.90 Å². The van der Waals surface area contributed by atoms with Crippen LogP contribution in [0, 0.1) is 23.7 Å². The summed E-state index contributed by atoms with van der Waals surface area (Å²) in [4.78, 5) is 14.1. The van der Waals surface area contributed by atoms with E-state index in [1.54, 1.807) is 0 Å². The Labute approximate surface area is 118 Å². The molecule has 2 unspecified atom stereocenters. The summed E-state index contributed by atoms with van der Waals surface area (Å²) in [7, 11) is 0. The van der Waals surface area contributed by atoms with E-state index in [2.05, 4.69) is 30.9 Å². The van der Waals surface area contributed by atoms with E-state index in [4.69, 9.17) is 0 Å². The summed E-state index contributed by atoms with van der Waals surface area (Å²) in [5.41, 5.74) is 0. The van der Waals surface area contributed by atoms with E-state index in [0.717, 1.165) is 30.8 Å². The smallest absolute Gasteiger partial charge is 0.222 e. The molecule has 2 aliphatic rings. The summed E-state index contributed by atoms with van der Waals surface area (Å²) in [5.74, 6) is 3.48. The molecule has 2 nitrogen and oxygen atoms in total. The summed E-state index contributed by atoms with van der Waals surface area (Å²) < 4.78 is 0. The largest absolute Gasteiger partial charge is 0.342 e. The van der Waals surface area contributed by atoms with Crippen molar-refractivity contribution < 1.29 is 4.79 Å². The Hall–Kier alpha value is -0.790. The van der Waals surface area contributed by atoms with Gasteiger partial charge >= 0.3 is 0 Å². The van der Waals surface area contributed by atoms with Crippen molar-refractivity contribution in [2.75, 3.05) is 13.1 Å². The first-order valence-electron chi connectivity index (χ1n) is 8.04. The van der Waals surface area contributed by atoms with Crippen LogP contribution in [0.2, 0.25) is 0 Å². The molecule has 0 bridgehead atoms. The Balaban J connectivity index is 1.82. The fraction of sp³-hybridized carbons (Fsp3) is 0.824. The minimum absolute atomic E-state index is 0.336. The second-order valence-corrected chi connectivity index (χ2v) is 6.75. The van der Waals surface area contributed by atoms with Crippen molar-refractivity contribution in [3.05, 3.63) is 12.2 Å². The molecule has 1 saturated carbocycles. The first-order chi connectivity index (χ1) is 9.11. The minimum atomic E-state index is 0.336. The van der Waals surface area contributed by atoms with Crippen LogP contribution in [0.5, 0.6) is 0 Å². The number of carbonyl (C=O) groups is 1. The van der Waals surface area contributed by atoms with Gasteiger partial charge in [-0.1, -0.05) is 32.9 Å². The molecule has 2 heteroatoms. The number of rotatable bonds is 6. The molecule has 108 valence electrons. The molecule has 0 N–H and O–H groups in total. The molecule has 0 aliphatic heterocycles. The SMILES string of the molecule is CCC(=O)N(CC(C)C)C[C@H]1CC1C1CC=CCC1. The van der Waals surface area contributed by atoms with Gasteiger partial charge in [-0.15, -0.1) is 0 Å². The molecule has 0 aromatic heterocycles. The van der Waals surface area contributed by atoms with E-state index in [9.17, 15) is 4.79 Å². The van der Waals surface area contributed by atoms with Crippen LogP contribution in [0.4, 0.5) is 0 Å². The van der Waals surface area contributed by atoms with Crippen LogP contribution in [0.25, 0.3) is 0 Å². The summed E-state index contributed by atoms with van der Waals surface area (Å²) >= 11 is 0. The lowest BCUT2D eigenvalue weighted by molar-refractivity contribution is -0.131. The molecule has 19 heavy (non-hydrogen) atoms. The highest BCUT2D eigenvalue weighted by Crippen LogP contribution is 2.48. The lowest BCUT2D eigenvalue weighted by atomic mass is 9.89. The molecule has 0 heterocycles. The summed E-state index contributed by atoms with van der Waals surface area (Å²) in [6, 6.07) is 0. The molecule has 0 aromatic carbocycles. The molecule has 1 fully saturated rings. The fourth-order valence-corrected chi connectivity index (χ4v) is 3.49. The predicted molar refractivity (Wildman–Crippen MR) is 79.8 cm³/mol. The molecule has 3 atom stereocenters. The number of hydrogen-bond acceptors (Lipinski definition) is 1. The van der Waals surface area contributed by atoms with E-state index < -0.39 is 0 Å². The maximum Gasteiger partial charge on any atom is 0.222 e. The third kappa shape index (κ3) is 4.09. The van der Waals surface area contributed by atoms with Crippen LogP contribution in [0.1, 0.15) is 52.9 Å². The molecule has 0 aromatic rings. The summed E-state index contributed by atoms with van der Waals surface area (Å²) in [5, 5.41) is 0. The number of amides is 1. The van der Waals surface area contributed by atoms with Gasteiger partial charge in [0.25, 0.3) is 0 Å². The second-order valence-electron chi connectivity index (χ2n) is 6.75. The maximum absolute atomic E-state index is 12.0. The van der Waals surface area contributed by atoms with Gasteiger partial charge in [-0.2, -0.15) is 0 Å². The highest BCUT2D eigenvalue weighted by molar-refractivity contribution is 5.75. The third-order valence-electron chi connectivity index (χ3n) is 4.59. The van der Waals surface area contributed by atoms with Crippen molar-refractivity contribution in [2.45, 2.75) is 52.9 Å². The van der Waals surface area contributed by atoms with Gasteiger partial charge in [-0.25, -0.2) is 0 Å². The Bertz CT molecular complexity index is 334. The van der Waals surface area contributed by atoms with Crippen LogP contribution in [-0.4, -0.2) is 23.9 Å². The molecule has 1 amide bonds. The summed E-state index contributed by atoms with van der Waals surface area (Å²) in [6.45, 7) is 8.32. The minimum Gasteiger partial charge on any atom is -0.342 e. The topological polar surface area (TPSA) is 20.3 Å². The van der Waals surface area contributed by atoms with E-state index >= 15 is 0 Å². The van der Waals surface area contributed by atoms with E-state index in [0.29, 0.717) is 18.2 Å². The predicted octanol–water partition coefficient (Wildman–Crippen LogP) is 3.87. The third-order valence-corrected chi connectivity index (χ3v) is 4.59. The van der Waals surface area contributed by atoms with Gasteiger partial charge in [0.15, 0.2) is 0 Å². The van der Waals surface area contributed by atoms with Gasteiger partial charge < -0.3 is 4.90 Å². The summed E-state index contributed by atoms with van der Waals surface area (Å²) in [6.07, 6.45) is 10.6. The lowest BCUT2D eigenvalue weighted by Gasteiger charge is -2.25. The molecular formula is C17H29NO. The highest BCUT2D eigenvalue weighted by atomic mass is 16.2. The van der Waals surface area contributed by atoms with Crippen LogP contribution < -0.4 is 0 Å². The number of allylic oxidation sites excluding steroid dienone is 2. The Morgan fingerprint density at radius 2 is 2.16 bits per heavy atom. The average Bonchev–Trinajstić information content (AvgIpc) is 3.17. The van der Waals surface area contributed by atoms with Gasteiger partial charge in [-0.05, 0) is 49.4 Å². The van der Waals surface area contributed by atoms with Crippen LogP contribution in [0.15, 0.2) is 12.2 Å². The van der Waals surface area contributed by atoms with Gasteiger partial charge in [0.2, 0.25) is 5.91 Å². The zero-order valence-corrected chi connectivity index (χ0v) is 12.8. The normalized spacial score (nSPS) is 29.6. The first kappa shape index (κ1) is 14.6. The van der Waals surface area contributed by atoms with E-state index in [-0.39, 0.29) is 0 Å². The van der Waals surface area contributed by atoms with E-state index in [1.807, 2.05) is 6.92 Å². The van der Waals surface area contributed by atoms with Crippen molar-refractivity contribution in [1.29, 1.82) is 0 Å². The van der Waals surface area contributed by atoms with Crippen molar-refractivity contribution >= 4 is 5.91 Å². The first-order valence-corrected chi connectivity index (χ1v) is 8.04. The second kappa shape index (κ2) is 6.58. The zero-order chi connectivity index (χ0) is 13.8. The van der Waals surface area contributed by atoms with Gasteiger partial charge in [0, 0.05) is 19.5 Å². The van der Waals surface area contributed by atoms with E-state index in [1.165, 1.54) is 25.7 Å². The van der Waals surface area contributed by atoms with Crippen LogP contribution in [0.3, 0.4) is 0 Å². The molecular weight excluding hydrogens is 234 g/mol. The Kier molecular flexibility index (Phi) is 5.06. The van der Waals surface area contributed by atoms with Crippen molar-refractivity contribution in [3.8, 4) is 0 Å². The lowest BCUT2D eigenvalue weighted by Crippen LogP contribution is -2.35.